The van der Waals surface area contributed by atoms with Gasteiger partial charge in [-0.15, -0.1) is 0 Å². The number of fused-ring (bicyclic) bond motifs is 1. The molecule has 2 amide bonds. The molecule has 0 atom stereocenters. The number of rotatable bonds is 7. The number of anilines is 2. The molecule has 0 spiro atoms. The van der Waals surface area contributed by atoms with Crippen molar-refractivity contribution >= 4 is 39.0 Å². The molecule has 1 aliphatic rings. The second-order valence-corrected chi connectivity index (χ2v) is 10.00. The highest BCUT2D eigenvalue weighted by molar-refractivity contribution is 7.89. The summed E-state index contributed by atoms with van der Waals surface area (Å²) in [4.78, 5) is 38.2. The third-order valence-corrected chi connectivity index (χ3v) is 7.42. The number of sulfonamides is 1. The number of likely N-dealkylation sites (N-methyl/N-ethyl adjacent to an activating group) is 1. The van der Waals surface area contributed by atoms with Crippen LogP contribution >= 0.6 is 0 Å². The maximum Gasteiger partial charge on any atom is 0.261 e. The van der Waals surface area contributed by atoms with Gasteiger partial charge < -0.3 is 14.6 Å². The zero-order valence-electron chi connectivity index (χ0n) is 18.6. The van der Waals surface area contributed by atoms with Crippen molar-refractivity contribution in [2.45, 2.75) is 18.2 Å². The van der Waals surface area contributed by atoms with Gasteiger partial charge in [-0.2, -0.15) is 4.31 Å². The van der Waals surface area contributed by atoms with Gasteiger partial charge in [0.25, 0.3) is 5.91 Å². The van der Waals surface area contributed by atoms with Crippen molar-refractivity contribution in [3.8, 4) is 0 Å². The molecule has 0 bridgehead atoms. The van der Waals surface area contributed by atoms with E-state index in [0.717, 1.165) is 15.6 Å². The molecular weight excluding hydrogens is 458 g/mol. The standard InChI is InChI=1S/C24H23N3O6S/c1-16(28)17-3-6-21(7-4-17)34(31,32)26(2)14-23(29)25-20-5-8-22-18(13-20)9-11-27(22)24(30)19-10-12-33-15-19/h3-8,10,12-13,15H,9,11,14H2,1-2H3,(H,25,29). The number of ketones is 1. The number of nitrogens with one attached hydrogen (secondary N) is 1. The molecule has 176 valence electrons. The fraction of sp³-hybridized carbons (Fsp3) is 0.208. The Morgan fingerprint density at radius 1 is 1.06 bits per heavy atom. The maximum absolute atomic E-state index is 12.8. The minimum Gasteiger partial charge on any atom is -0.472 e. The largest absolute Gasteiger partial charge is 0.472 e. The van der Waals surface area contributed by atoms with Crippen LogP contribution < -0.4 is 10.2 Å². The molecule has 4 rings (SSSR count). The molecule has 1 aromatic heterocycles. The van der Waals surface area contributed by atoms with E-state index in [1.165, 1.54) is 50.8 Å². The Labute approximate surface area is 197 Å². The van der Waals surface area contributed by atoms with Crippen molar-refractivity contribution in [1.29, 1.82) is 0 Å². The Morgan fingerprint density at radius 2 is 1.79 bits per heavy atom. The molecule has 0 saturated carbocycles. The lowest BCUT2D eigenvalue weighted by Gasteiger charge is -2.18. The van der Waals surface area contributed by atoms with Crippen molar-refractivity contribution in [2.24, 2.45) is 0 Å². The second kappa shape index (κ2) is 9.24. The van der Waals surface area contributed by atoms with Gasteiger partial charge in [-0.05, 0) is 55.3 Å². The van der Waals surface area contributed by atoms with Gasteiger partial charge in [0.05, 0.1) is 23.3 Å². The van der Waals surface area contributed by atoms with Crippen LogP contribution in [0.15, 0.2) is 70.4 Å². The third-order valence-electron chi connectivity index (χ3n) is 5.61. The van der Waals surface area contributed by atoms with Gasteiger partial charge in [-0.3, -0.25) is 14.4 Å². The van der Waals surface area contributed by atoms with E-state index in [9.17, 15) is 22.8 Å². The molecule has 0 aliphatic carbocycles. The first kappa shape index (κ1) is 23.4. The van der Waals surface area contributed by atoms with E-state index in [0.29, 0.717) is 29.8 Å². The number of hydrogen-bond acceptors (Lipinski definition) is 6. The first-order chi connectivity index (χ1) is 16.2. The molecule has 0 saturated heterocycles. The highest BCUT2D eigenvalue weighted by atomic mass is 32.2. The van der Waals surface area contributed by atoms with E-state index in [2.05, 4.69) is 5.32 Å². The summed E-state index contributed by atoms with van der Waals surface area (Å²) in [6.45, 7) is 1.52. The van der Waals surface area contributed by atoms with Crippen molar-refractivity contribution < 1.29 is 27.2 Å². The summed E-state index contributed by atoms with van der Waals surface area (Å²) in [6.07, 6.45) is 3.48. The number of carbonyl (C=O) groups excluding carboxylic acids is 3. The fourth-order valence-electron chi connectivity index (χ4n) is 3.76. The lowest BCUT2D eigenvalue weighted by Crippen LogP contribution is -2.35. The van der Waals surface area contributed by atoms with Gasteiger partial charge in [0.15, 0.2) is 5.78 Å². The van der Waals surface area contributed by atoms with Gasteiger partial charge in [-0.1, -0.05) is 12.1 Å². The number of benzene rings is 2. The Kier molecular flexibility index (Phi) is 6.36. The minimum atomic E-state index is -3.91. The van der Waals surface area contributed by atoms with Crippen LogP contribution in [0.4, 0.5) is 11.4 Å². The summed E-state index contributed by atoms with van der Waals surface area (Å²) < 4.78 is 31.5. The number of carbonyl (C=O) groups is 3. The van der Waals surface area contributed by atoms with Crippen molar-refractivity contribution in [2.75, 3.05) is 30.4 Å². The van der Waals surface area contributed by atoms with Crippen LogP contribution in [0.1, 0.15) is 33.2 Å². The average molecular weight is 482 g/mol. The normalized spacial score (nSPS) is 13.1. The van der Waals surface area contributed by atoms with E-state index in [4.69, 9.17) is 4.42 Å². The highest BCUT2D eigenvalue weighted by Gasteiger charge is 2.27. The topological polar surface area (TPSA) is 117 Å². The average Bonchev–Trinajstić information content (AvgIpc) is 3.48. The SMILES string of the molecule is CC(=O)c1ccc(S(=O)(=O)N(C)CC(=O)Nc2ccc3c(c2)CCN3C(=O)c2ccoc2)cc1. The molecule has 10 heteroatoms. The molecule has 0 unspecified atom stereocenters. The van der Waals surface area contributed by atoms with Crippen molar-refractivity contribution in [3.05, 3.63) is 77.7 Å². The van der Waals surface area contributed by atoms with Crippen LogP contribution in [0, 0.1) is 0 Å². The monoisotopic (exact) mass is 481 g/mol. The van der Waals surface area contributed by atoms with E-state index in [-0.39, 0.29) is 23.1 Å². The predicted molar refractivity (Wildman–Crippen MR) is 125 cm³/mol. The molecule has 3 aromatic rings. The molecule has 0 radical (unpaired) electrons. The summed E-state index contributed by atoms with van der Waals surface area (Å²) >= 11 is 0. The molecule has 0 fully saturated rings. The van der Waals surface area contributed by atoms with E-state index >= 15 is 0 Å². The summed E-state index contributed by atoms with van der Waals surface area (Å²) in [5.41, 5.74) is 3.04. The Bertz CT molecular complexity index is 1350. The quantitative estimate of drug-likeness (QED) is 0.519. The number of Topliss-reactive ketones (excluding diaryl/α,β-unsaturated/α-hetero) is 1. The van der Waals surface area contributed by atoms with Crippen LogP contribution in [0.2, 0.25) is 0 Å². The predicted octanol–water partition coefficient (Wildman–Crippen LogP) is 2.94. The summed E-state index contributed by atoms with van der Waals surface area (Å²) in [6, 6.07) is 12.4. The Hall–Kier alpha value is -3.76. The molecule has 2 aromatic carbocycles. The summed E-state index contributed by atoms with van der Waals surface area (Å²) in [5, 5.41) is 2.71. The van der Waals surface area contributed by atoms with Crippen LogP contribution in [-0.2, 0) is 21.2 Å². The van der Waals surface area contributed by atoms with E-state index in [1.54, 1.807) is 29.2 Å². The Balaban J connectivity index is 1.41. The smallest absolute Gasteiger partial charge is 0.261 e. The lowest BCUT2D eigenvalue weighted by atomic mass is 10.1. The Morgan fingerprint density at radius 3 is 2.44 bits per heavy atom. The highest BCUT2D eigenvalue weighted by Crippen LogP contribution is 2.31. The lowest BCUT2D eigenvalue weighted by molar-refractivity contribution is -0.116. The minimum absolute atomic E-state index is 0.00675. The fourth-order valence-corrected chi connectivity index (χ4v) is 4.89. The third kappa shape index (κ3) is 4.63. The zero-order valence-corrected chi connectivity index (χ0v) is 19.5. The van der Waals surface area contributed by atoms with Gasteiger partial charge >= 0.3 is 0 Å². The molecular formula is C24H23N3O6S. The number of nitrogens with zero attached hydrogens (tertiary/aromatic N) is 2. The molecule has 9 nitrogen and oxygen atoms in total. The van der Waals surface area contributed by atoms with Gasteiger partial charge in [0, 0.05) is 30.5 Å². The molecule has 1 N–H and O–H groups in total. The zero-order chi connectivity index (χ0) is 24.5. The second-order valence-electron chi connectivity index (χ2n) is 7.95. The molecule has 34 heavy (non-hydrogen) atoms. The van der Waals surface area contributed by atoms with Gasteiger partial charge in [-0.25, -0.2) is 8.42 Å². The number of amides is 2. The molecule has 1 aliphatic heterocycles. The summed E-state index contributed by atoms with van der Waals surface area (Å²) in [7, 11) is -2.59. The first-order valence-electron chi connectivity index (χ1n) is 10.5. The van der Waals surface area contributed by atoms with Crippen LogP contribution in [-0.4, -0.2) is 50.5 Å². The van der Waals surface area contributed by atoms with Crippen LogP contribution in [0.25, 0.3) is 0 Å². The molecule has 2 heterocycles. The first-order valence-corrected chi connectivity index (χ1v) is 11.9. The van der Waals surface area contributed by atoms with Crippen LogP contribution in [0.3, 0.4) is 0 Å². The maximum atomic E-state index is 12.8. The van der Waals surface area contributed by atoms with Gasteiger partial charge in [0.2, 0.25) is 15.9 Å². The van der Waals surface area contributed by atoms with Crippen molar-refractivity contribution in [3.63, 3.8) is 0 Å². The van der Waals surface area contributed by atoms with Crippen LogP contribution in [0.5, 0.6) is 0 Å². The summed E-state index contributed by atoms with van der Waals surface area (Å²) in [5.74, 6) is -0.830. The van der Waals surface area contributed by atoms with E-state index in [1.807, 2.05) is 0 Å². The van der Waals surface area contributed by atoms with Gasteiger partial charge in [0.1, 0.15) is 6.26 Å². The number of furan rings is 1. The van der Waals surface area contributed by atoms with Crippen molar-refractivity contribution in [1.82, 2.24) is 4.31 Å². The van der Waals surface area contributed by atoms with E-state index < -0.39 is 15.9 Å². The number of hydrogen-bond donors (Lipinski definition) is 1.